The first-order chi connectivity index (χ1) is 29.8. The van der Waals surface area contributed by atoms with Gasteiger partial charge in [0, 0.05) is 71.2 Å². The number of pyridine rings is 4. The van der Waals surface area contributed by atoms with Crippen LogP contribution in [0.4, 0.5) is 0 Å². The molecule has 0 radical (unpaired) electrons. The predicted octanol–water partition coefficient (Wildman–Crippen LogP) is 10.9. The minimum atomic E-state index is -0.786. The molecule has 0 atom stereocenters. The maximum absolute atomic E-state index is 4.19. The zero-order valence-electron chi connectivity index (χ0n) is 33.1. The molecule has 0 aliphatic carbocycles. The van der Waals surface area contributed by atoms with Crippen LogP contribution in [0.1, 0.15) is 11.1 Å². The summed E-state index contributed by atoms with van der Waals surface area (Å²) in [4.78, 5) is 16.7. The summed E-state index contributed by atoms with van der Waals surface area (Å²) in [6, 6.07) is 73.7. The van der Waals surface area contributed by atoms with Crippen LogP contribution in [0, 0.1) is 23.2 Å². The summed E-state index contributed by atoms with van der Waals surface area (Å²) in [6.07, 6.45) is 7.07. The third-order valence-corrected chi connectivity index (χ3v) is 12.7. The van der Waals surface area contributed by atoms with Crippen LogP contribution in [0.5, 0.6) is 0 Å². The smallest absolute Gasteiger partial charge is 0.0886 e. The largest absolute Gasteiger partial charge is 0.255 e. The molecule has 5 aromatic carbocycles. The molecule has 294 valence electrons. The molecule has 4 nitrogen and oxygen atoms in total. The molecule has 0 spiro atoms. The molecule has 0 bridgehead atoms. The monoisotopic (exact) mass is 908 g/mol. The third-order valence-electron chi connectivity index (χ3n) is 8.77. The molecule has 0 aliphatic heterocycles. The van der Waals surface area contributed by atoms with Crippen molar-refractivity contribution in [3.63, 3.8) is 0 Å². The van der Waals surface area contributed by atoms with Crippen molar-refractivity contribution in [2.45, 2.75) is 0 Å². The Morgan fingerprint density at radius 1 is 0.262 bits per heavy atom. The van der Waals surface area contributed by atoms with Crippen LogP contribution in [0.15, 0.2) is 243 Å². The van der Waals surface area contributed by atoms with Crippen molar-refractivity contribution < 1.29 is 19.5 Å². The first kappa shape index (κ1) is 43.9. The van der Waals surface area contributed by atoms with Crippen LogP contribution in [0.3, 0.4) is 0 Å². The standard InChI is InChI=1S/C34H24P2.2C10H8N2.Ru/c1-5-17-31(18-6-1)35(32-19-7-2-8-20-32)27-25-29-15-13-14-16-30(29)26-28-36(33-21-9-3-10-22-33)34-23-11-4-12-24-34;2*1-3-7-11-9(5-1)10-6-2-4-8-12-10;/h1-24H;2*1-8H;. The van der Waals surface area contributed by atoms with Gasteiger partial charge in [-0.05, 0) is 81.9 Å². The Hall–Kier alpha value is -6.70. The third kappa shape index (κ3) is 13.4. The van der Waals surface area contributed by atoms with E-state index < -0.39 is 15.8 Å². The summed E-state index contributed by atoms with van der Waals surface area (Å²) in [5.74, 6) is 6.99. The number of hydrogen-bond donors (Lipinski definition) is 0. The first-order valence-corrected chi connectivity index (χ1v) is 22.1. The van der Waals surface area contributed by atoms with E-state index in [1.165, 1.54) is 21.2 Å². The molecule has 61 heavy (non-hydrogen) atoms. The summed E-state index contributed by atoms with van der Waals surface area (Å²) in [6.45, 7) is 0. The van der Waals surface area contributed by atoms with Crippen LogP contribution < -0.4 is 21.2 Å². The van der Waals surface area contributed by atoms with E-state index in [4.69, 9.17) is 0 Å². The topological polar surface area (TPSA) is 51.6 Å². The van der Waals surface area contributed by atoms with E-state index in [-0.39, 0.29) is 19.5 Å². The average Bonchev–Trinajstić information content (AvgIpc) is 3.35. The van der Waals surface area contributed by atoms with E-state index in [0.717, 1.165) is 33.9 Å². The van der Waals surface area contributed by atoms with Gasteiger partial charge in [-0.15, -0.1) is 0 Å². The summed E-state index contributed by atoms with van der Waals surface area (Å²) in [5, 5.41) is 5.02. The summed E-state index contributed by atoms with van der Waals surface area (Å²) >= 11 is 0. The molecule has 0 unspecified atom stereocenters. The number of hydrogen-bond acceptors (Lipinski definition) is 4. The van der Waals surface area contributed by atoms with Gasteiger partial charge < -0.3 is 0 Å². The molecule has 0 aliphatic rings. The Morgan fingerprint density at radius 2 is 0.492 bits per heavy atom. The van der Waals surface area contributed by atoms with Gasteiger partial charge in [0.1, 0.15) is 0 Å². The van der Waals surface area contributed by atoms with E-state index in [1.54, 1.807) is 24.8 Å². The van der Waals surface area contributed by atoms with Gasteiger partial charge >= 0.3 is 0 Å². The summed E-state index contributed by atoms with van der Waals surface area (Å²) in [5.41, 5.74) is 12.8. The molecule has 9 rings (SSSR count). The van der Waals surface area contributed by atoms with Crippen molar-refractivity contribution in [3.05, 3.63) is 254 Å². The average molecular weight is 908 g/mol. The van der Waals surface area contributed by atoms with Crippen LogP contribution >= 0.6 is 15.8 Å². The zero-order chi connectivity index (χ0) is 40.9. The Morgan fingerprint density at radius 3 is 0.721 bits per heavy atom. The number of rotatable bonds is 6. The maximum Gasteiger partial charge on any atom is 0.0886 e. The van der Waals surface area contributed by atoms with Crippen molar-refractivity contribution in [1.29, 1.82) is 0 Å². The van der Waals surface area contributed by atoms with Crippen LogP contribution in [0.25, 0.3) is 22.8 Å². The van der Waals surface area contributed by atoms with Gasteiger partial charge in [0.15, 0.2) is 0 Å². The molecule has 0 saturated heterocycles. The Labute approximate surface area is 374 Å². The van der Waals surface area contributed by atoms with E-state index in [9.17, 15) is 0 Å². The summed E-state index contributed by atoms with van der Waals surface area (Å²) < 4.78 is 0. The van der Waals surface area contributed by atoms with E-state index >= 15 is 0 Å². The van der Waals surface area contributed by atoms with Crippen molar-refractivity contribution >= 4 is 37.1 Å². The first-order valence-electron chi connectivity index (χ1n) is 19.4. The Balaban J connectivity index is 0.000000201. The normalized spacial score (nSPS) is 9.87. The fraction of sp³-hybridized carbons (Fsp3) is 0. The van der Waals surface area contributed by atoms with Gasteiger partial charge in [-0.1, -0.05) is 181 Å². The van der Waals surface area contributed by atoms with Gasteiger partial charge in [0.2, 0.25) is 0 Å². The van der Waals surface area contributed by atoms with Gasteiger partial charge in [-0.2, -0.15) is 0 Å². The predicted molar refractivity (Wildman–Crippen MR) is 253 cm³/mol. The second kappa shape index (κ2) is 24.4. The molecule has 4 heterocycles. The van der Waals surface area contributed by atoms with Crippen molar-refractivity contribution in [1.82, 2.24) is 19.9 Å². The van der Waals surface area contributed by atoms with Gasteiger partial charge in [0.25, 0.3) is 0 Å². The molecule has 4 aromatic heterocycles. The molecule has 0 saturated carbocycles. The molecule has 0 amide bonds. The maximum atomic E-state index is 4.19. The molecule has 0 N–H and O–H groups in total. The van der Waals surface area contributed by atoms with Gasteiger partial charge in [-0.3, -0.25) is 19.9 Å². The minimum absolute atomic E-state index is 0. The second-order valence-electron chi connectivity index (χ2n) is 12.9. The molecular weight excluding hydrogens is 868 g/mol. The number of aromatic nitrogens is 4. The van der Waals surface area contributed by atoms with Gasteiger partial charge in [0.05, 0.1) is 22.8 Å². The van der Waals surface area contributed by atoms with Gasteiger partial charge in [-0.25, -0.2) is 0 Å². The van der Waals surface area contributed by atoms with Crippen LogP contribution in [-0.2, 0) is 19.5 Å². The van der Waals surface area contributed by atoms with Crippen molar-refractivity contribution in [2.75, 3.05) is 0 Å². The van der Waals surface area contributed by atoms with Crippen molar-refractivity contribution in [3.8, 4) is 45.9 Å². The fourth-order valence-corrected chi connectivity index (χ4v) is 9.31. The Bertz CT molecular complexity index is 2400. The van der Waals surface area contributed by atoms with E-state index in [2.05, 4.69) is 177 Å². The second-order valence-corrected chi connectivity index (χ2v) is 16.7. The van der Waals surface area contributed by atoms with Crippen LogP contribution in [-0.4, -0.2) is 19.9 Å². The number of benzene rings is 5. The number of nitrogens with zero attached hydrogens (tertiary/aromatic N) is 4. The van der Waals surface area contributed by atoms with E-state index in [0.29, 0.717) is 0 Å². The van der Waals surface area contributed by atoms with Crippen LogP contribution in [0.2, 0.25) is 0 Å². The quantitative estimate of drug-likeness (QED) is 0.0948. The zero-order valence-corrected chi connectivity index (χ0v) is 36.7. The molecule has 7 heteroatoms. The minimum Gasteiger partial charge on any atom is -0.255 e. The Kier molecular flexibility index (Phi) is 17.5. The van der Waals surface area contributed by atoms with Crippen molar-refractivity contribution in [2.24, 2.45) is 0 Å². The molecule has 9 aromatic rings. The summed E-state index contributed by atoms with van der Waals surface area (Å²) in [7, 11) is -1.57. The SMILES string of the molecule is C(#CP(c1ccccc1)c1ccccc1)c1ccccc1C#CP(c1ccccc1)c1ccccc1.[Ru].c1ccc(-c2ccccn2)nc1.c1ccc(-c2ccccn2)nc1. The molecular formula is C54H40N4P2Ru. The fourth-order valence-electron chi connectivity index (χ4n) is 5.86. The van der Waals surface area contributed by atoms with E-state index in [1.807, 2.05) is 84.9 Å². The molecule has 0 fully saturated rings.